The Morgan fingerprint density at radius 1 is 0.923 bits per heavy atom. The van der Waals surface area contributed by atoms with Crippen LogP contribution in [0.15, 0.2) is 36.4 Å². The Bertz CT molecular complexity index is 1200. The van der Waals surface area contributed by atoms with Crippen LogP contribution in [-0.4, -0.2) is 58.2 Å². The summed E-state index contributed by atoms with van der Waals surface area (Å²) in [4.78, 5) is 12.4. The molecule has 1 aliphatic rings. The normalized spacial score (nSPS) is 15.8. The van der Waals surface area contributed by atoms with E-state index in [4.69, 9.17) is 9.97 Å². The number of anilines is 1. The highest BCUT2D eigenvalue weighted by Gasteiger charge is 2.23. The zero-order valence-electron chi connectivity index (χ0n) is 25.6. The predicted octanol–water partition coefficient (Wildman–Crippen LogP) is 6.80. The van der Waals surface area contributed by atoms with E-state index in [0.29, 0.717) is 16.9 Å². The molecule has 4 rings (SSSR count). The summed E-state index contributed by atoms with van der Waals surface area (Å²) in [6.45, 7) is 22.3. The maximum atomic E-state index is 5.06. The standard InChI is InChI=1S/C33H52N6/c1-25-11-8-14-29-30(25)37-31(39(29)23-28-13-9-12-26(2)35-28)36-27-15-20-38(21-16-27)22-19-34-24-33(6,7)18-10-17-32(3,4)5/h8-9,11-14,27,34H,10,15-24H2,1-7H3,(H,36,37). The van der Waals surface area contributed by atoms with Crippen LogP contribution < -0.4 is 10.6 Å². The number of benzene rings is 1. The highest BCUT2D eigenvalue weighted by atomic mass is 15.2. The van der Waals surface area contributed by atoms with Gasteiger partial charge in [-0.2, -0.15) is 0 Å². The minimum Gasteiger partial charge on any atom is -0.353 e. The van der Waals surface area contributed by atoms with Crippen molar-refractivity contribution in [2.75, 3.05) is 38.0 Å². The number of aromatic nitrogens is 3. The molecule has 0 unspecified atom stereocenters. The van der Waals surface area contributed by atoms with Gasteiger partial charge in [-0.1, -0.05) is 59.2 Å². The van der Waals surface area contributed by atoms with Crippen LogP contribution >= 0.6 is 0 Å². The van der Waals surface area contributed by atoms with Crippen LogP contribution in [-0.2, 0) is 6.54 Å². The number of fused-ring (bicyclic) bond motifs is 1. The highest BCUT2D eigenvalue weighted by Crippen LogP contribution is 2.28. The topological polar surface area (TPSA) is 58.0 Å². The van der Waals surface area contributed by atoms with E-state index >= 15 is 0 Å². The second kappa shape index (κ2) is 12.8. The summed E-state index contributed by atoms with van der Waals surface area (Å²) in [5.41, 5.74) is 6.38. The fraction of sp³-hybridized carbons (Fsp3) is 0.636. The van der Waals surface area contributed by atoms with Gasteiger partial charge in [0.1, 0.15) is 0 Å². The molecule has 3 aromatic rings. The Balaban J connectivity index is 1.27. The van der Waals surface area contributed by atoms with E-state index in [0.717, 1.165) is 75.0 Å². The van der Waals surface area contributed by atoms with E-state index < -0.39 is 0 Å². The number of hydrogen-bond acceptors (Lipinski definition) is 5. The van der Waals surface area contributed by atoms with Crippen LogP contribution in [0.3, 0.4) is 0 Å². The fourth-order valence-corrected chi connectivity index (χ4v) is 5.74. The van der Waals surface area contributed by atoms with Gasteiger partial charge in [0.25, 0.3) is 0 Å². The minimum absolute atomic E-state index is 0.361. The Hall–Kier alpha value is -2.44. The van der Waals surface area contributed by atoms with Crippen LogP contribution in [0.1, 0.15) is 83.7 Å². The summed E-state index contributed by atoms with van der Waals surface area (Å²) in [7, 11) is 0. The molecular formula is C33H52N6. The summed E-state index contributed by atoms with van der Waals surface area (Å²) in [6, 6.07) is 13.1. The van der Waals surface area contributed by atoms with Gasteiger partial charge in [-0.15, -0.1) is 0 Å². The van der Waals surface area contributed by atoms with Crippen LogP contribution in [0.2, 0.25) is 0 Å². The van der Waals surface area contributed by atoms with Gasteiger partial charge >= 0.3 is 0 Å². The molecular weight excluding hydrogens is 480 g/mol. The first-order valence-electron chi connectivity index (χ1n) is 15.1. The quantitative estimate of drug-likeness (QED) is 0.251. The van der Waals surface area contributed by atoms with Gasteiger partial charge in [0, 0.05) is 44.5 Å². The van der Waals surface area contributed by atoms with E-state index in [1.165, 1.54) is 30.3 Å². The largest absolute Gasteiger partial charge is 0.353 e. The van der Waals surface area contributed by atoms with Crippen molar-refractivity contribution in [3.05, 3.63) is 53.3 Å². The molecule has 214 valence electrons. The number of piperidine rings is 1. The third kappa shape index (κ3) is 8.77. The molecule has 1 aliphatic heterocycles. The number of nitrogens with zero attached hydrogens (tertiary/aromatic N) is 4. The lowest BCUT2D eigenvalue weighted by Crippen LogP contribution is -2.43. The smallest absolute Gasteiger partial charge is 0.204 e. The van der Waals surface area contributed by atoms with Crippen molar-refractivity contribution < 1.29 is 0 Å². The second-order valence-corrected chi connectivity index (χ2v) is 13.7. The predicted molar refractivity (Wildman–Crippen MR) is 166 cm³/mol. The van der Waals surface area contributed by atoms with Crippen LogP contribution in [0.5, 0.6) is 0 Å². The maximum Gasteiger partial charge on any atom is 0.204 e. The first-order chi connectivity index (χ1) is 18.5. The summed E-state index contributed by atoms with van der Waals surface area (Å²) in [6.07, 6.45) is 6.19. The van der Waals surface area contributed by atoms with Crippen molar-refractivity contribution in [3.63, 3.8) is 0 Å². The summed E-state index contributed by atoms with van der Waals surface area (Å²) in [5, 5.41) is 7.57. The Morgan fingerprint density at radius 3 is 2.38 bits per heavy atom. The molecule has 0 spiro atoms. The SMILES string of the molecule is Cc1cccc(Cn2c(NC3CCN(CCNCC(C)(C)CCCC(C)(C)C)CC3)nc3c(C)cccc32)n1. The first-order valence-corrected chi connectivity index (χ1v) is 15.1. The highest BCUT2D eigenvalue weighted by molar-refractivity contribution is 5.82. The van der Waals surface area contributed by atoms with Gasteiger partial charge in [0.2, 0.25) is 5.95 Å². The van der Waals surface area contributed by atoms with Gasteiger partial charge in [0.05, 0.1) is 23.3 Å². The molecule has 0 saturated carbocycles. The number of rotatable bonds is 12. The van der Waals surface area contributed by atoms with Gasteiger partial charge in [0.15, 0.2) is 0 Å². The summed E-state index contributed by atoms with van der Waals surface area (Å²) < 4.78 is 2.31. The molecule has 1 aromatic carbocycles. The lowest BCUT2D eigenvalue weighted by Gasteiger charge is -2.33. The van der Waals surface area contributed by atoms with E-state index in [2.05, 4.69) is 105 Å². The zero-order chi connectivity index (χ0) is 28.0. The lowest BCUT2D eigenvalue weighted by molar-refractivity contribution is 0.212. The van der Waals surface area contributed by atoms with Crippen LogP contribution in [0.4, 0.5) is 5.95 Å². The van der Waals surface area contributed by atoms with Crippen molar-refractivity contribution in [2.24, 2.45) is 10.8 Å². The molecule has 0 amide bonds. The van der Waals surface area contributed by atoms with E-state index in [1.54, 1.807) is 0 Å². The van der Waals surface area contributed by atoms with Crippen molar-refractivity contribution in [3.8, 4) is 0 Å². The zero-order valence-corrected chi connectivity index (χ0v) is 25.6. The minimum atomic E-state index is 0.361. The Labute approximate surface area is 237 Å². The molecule has 0 radical (unpaired) electrons. The second-order valence-electron chi connectivity index (χ2n) is 13.7. The van der Waals surface area contributed by atoms with Gasteiger partial charge in [-0.3, -0.25) is 4.98 Å². The number of nitrogens with one attached hydrogen (secondary N) is 2. The Morgan fingerprint density at radius 2 is 1.67 bits per heavy atom. The molecule has 1 saturated heterocycles. The molecule has 1 fully saturated rings. The third-order valence-electron chi connectivity index (χ3n) is 8.16. The lowest BCUT2D eigenvalue weighted by atomic mass is 9.82. The van der Waals surface area contributed by atoms with Crippen LogP contribution in [0, 0.1) is 24.7 Å². The van der Waals surface area contributed by atoms with E-state index in [1.807, 2.05) is 0 Å². The molecule has 6 heteroatoms. The van der Waals surface area contributed by atoms with E-state index in [-0.39, 0.29) is 0 Å². The van der Waals surface area contributed by atoms with Crippen molar-refractivity contribution >= 4 is 17.0 Å². The first kappa shape index (κ1) is 29.5. The molecule has 0 bridgehead atoms. The van der Waals surface area contributed by atoms with Crippen molar-refractivity contribution in [1.29, 1.82) is 0 Å². The monoisotopic (exact) mass is 532 g/mol. The summed E-state index contributed by atoms with van der Waals surface area (Å²) in [5.74, 6) is 0.969. The summed E-state index contributed by atoms with van der Waals surface area (Å²) >= 11 is 0. The number of aryl methyl sites for hydroxylation is 2. The number of likely N-dealkylation sites (tertiary alicyclic amines) is 1. The number of pyridine rings is 1. The van der Waals surface area contributed by atoms with Gasteiger partial charge < -0.3 is 20.1 Å². The molecule has 39 heavy (non-hydrogen) atoms. The van der Waals surface area contributed by atoms with Crippen LogP contribution in [0.25, 0.3) is 11.0 Å². The average Bonchev–Trinajstić information content (AvgIpc) is 3.20. The number of imidazole rings is 1. The van der Waals surface area contributed by atoms with Gasteiger partial charge in [-0.05, 0) is 74.1 Å². The number of para-hydroxylation sites is 1. The van der Waals surface area contributed by atoms with Crippen molar-refractivity contribution in [1.82, 2.24) is 24.8 Å². The number of hydrogen-bond donors (Lipinski definition) is 2. The Kier molecular flexibility index (Phi) is 9.71. The molecule has 6 nitrogen and oxygen atoms in total. The van der Waals surface area contributed by atoms with Crippen molar-refractivity contribution in [2.45, 2.75) is 93.2 Å². The molecule has 2 N–H and O–H groups in total. The maximum absolute atomic E-state index is 5.06. The fourth-order valence-electron chi connectivity index (χ4n) is 5.74. The van der Waals surface area contributed by atoms with Gasteiger partial charge in [-0.25, -0.2) is 4.98 Å². The average molecular weight is 533 g/mol. The third-order valence-corrected chi connectivity index (χ3v) is 8.16. The molecule has 0 aliphatic carbocycles. The molecule has 0 atom stereocenters. The molecule has 3 heterocycles. The molecule has 2 aromatic heterocycles. The van der Waals surface area contributed by atoms with E-state index in [9.17, 15) is 0 Å².